The largest absolute Gasteiger partial charge is 0.322 e. The topological polar surface area (TPSA) is 89.3 Å². The second-order valence-electron chi connectivity index (χ2n) is 4.13. The zero-order valence-electron chi connectivity index (χ0n) is 10.5. The highest BCUT2D eigenvalue weighted by atomic mass is 79.9. The Bertz CT molecular complexity index is 809. The number of carbonyl (C=O) groups is 1. The number of anilines is 1. The molecule has 0 unspecified atom stereocenters. The number of nitrogens with one attached hydrogen (secondary N) is 1. The van der Waals surface area contributed by atoms with Crippen LogP contribution in [0.3, 0.4) is 0 Å². The number of hydrogen-bond donors (Lipinski definition) is 2. The molecule has 0 heterocycles. The molecule has 5 nitrogen and oxygen atoms in total. The number of carbonyl (C=O) groups excluding carboxylic acids is 1. The number of primary sulfonamides is 1. The van der Waals surface area contributed by atoms with Crippen molar-refractivity contribution in [3.8, 4) is 0 Å². The average molecular weight is 373 g/mol. The van der Waals surface area contributed by atoms with E-state index in [-0.39, 0.29) is 20.6 Å². The first kappa shape index (κ1) is 15.6. The summed E-state index contributed by atoms with van der Waals surface area (Å²) in [6, 6.07) is 9.69. The number of amides is 1. The van der Waals surface area contributed by atoms with E-state index in [2.05, 4.69) is 21.2 Å². The Labute approximate surface area is 129 Å². The van der Waals surface area contributed by atoms with Crippen LogP contribution in [0.2, 0.25) is 0 Å². The number of rotatable bonds is 3. The number of hydrogen-bond acceptors (Lipinski definition) is 3. The van der Waals surface area contributed by atoms with Crippen LogP contribution in [0, 0.1) is 5.82 Å². The second-order valence-corrected chi connectivity index (χ2v) is 6.54. The maximum absolute atomic E-state index is 13.8. The lowest BCUT2D eigenvalue weighted by atomic mass is 10.2. The van der Waals surface area contributed by atoms with Crippen molar-refractivity contribution in [2.24, 2.45) is 5.14 Å². The Morgan fingerprint density at radius 3 is 2.52 bits per heavy atom. The van der Waals surface area contributed by atoms with Crippen LogP contribution in [0.15, 0.2) is 51.8 Å². The van der Waals surface area contributed by atoms with Crippen LogP contribution in [0.5, 0.6) is 0 Å². The molecule has 8 heteroatoms. The highest BCUT2D eigenvalue weighted by Gasteiger charge is 2.15. The first-order valence-corrected chi connectivity index (χ1v) is 8.01. The van der Waals surface area contributed by atoms with E-state index in [9.17, 15) is 17.6 Å². The third-order valence-electron chi connectivity index (χ3n) is 2.62. The van der Waals surface area contributed by atoms with Crippen LogP contribution < -0.4 is 10.5 Å². The second kappa shape index (κ2) is 5.92. The van der Waals surface area contributed by atoms with E-state index in [0.717, 1.165) is 0 Å². The summed E-state index contributed by atoms with van der Waals surface area (Å²) in [5, 5.41) is 7.42. The summed E-state index contributed by atoms with van der Waals surface area (Å²) in [7, 11) is -3.87. The third-order valence-corrected chi connectivity index (χ3v) is 4.14. The van der Waals surface area contributed by atoms with Crippen molar-refractivity contribution in [3.63, 3.8) is 0 Å². The van der Waals surface area contributed by atoms with Crippen molar-refractivity contribution >= 4 is 37.5 Å². The molecule has 0 bridgehead atoms. The fourth-order valence-electron chi connectivity index (χ4n) is 1.63. The Balaban J connectivity index is 2.30. The molecular formula is C13H10BrFN2O3S. The van der Waals surface area contributed by atoms with Crippen LogP contribution in [-0.2, 0) is 10.0 Å². The molecule has 0 saturated carbocycles. The number of halogens is 2. The number of nitrogens with two attached hydrogens (primary N) is 1. The predicted octanol–water partition coefficient (Wildman–Crippen LogP) is 2.49. The Morgan fingerprint density at radius 2 is 1.86 bits per heavy atom. The average Bonchev–Trinajstić information content (AvgIpc) is 2.41. The summed E-state index contributed by atoms with van der Waals surface area (Å²) < 4.78 is 36.4. The minimum absolute atomic E-state index is 0.144. The molecule has 0 aliphatic rings. The zero-order valence-corrected chi connectivity index (χ0v) is 12.9. The molecule has 0 aliphatic heterocycles. The molecule has 3 N–H and O–H groups in total. The van der Waals surface area contributed by atoms with Crippen LogP contribution in [0.25, 0.3) is 0 Å². The van der Waals surface area contributed by atoms with Gasteiger partial charge in [0.05, 0.1) is 14.9 Å². The maximum Gasteiger partial charge on any atom is 0.258 e. The summed E-state index contributed by atoms with van der Waals surface area (Å²) in [5.41, 5.74) is 0.0382. The molecule has 0 spiro atoms. The smallest absolute Gasteiger partial charge is 0.258 e. The van der Waals surface area contributed by atoms with Gasteiger partial charge in [0.25, 0.3) is 5.91 Å². The van der Waals surface area contributed by atoms with Crippen LogP contribution in [0.1, 0.15) is 10.4 Å². The molecule has 0 radical (unpaired) electrons. The lowest BCUT2D eigenvalue weighted by Gasteiger charge is -2.08. The molecular weight excluding hydrogens is 363 g/mol. The van der Waals surface area contributed by atoms with Crippen molar-refractivity contribution in [1.82, 2.24) is 0 Å². The predicted molar refractivity (Wildman–Crippen MR) is 79.9 cm³/mol. The van der Waals surface area contributed by atoms with Gasteiger partial charge in [0.15, 0.2) is 0 Å². The molecule has 21 heavy (non-hydrogen) atoms. The third kappa shape index (κ3) is 3.66. The SMILES string of the molecule is NS(=O)(=O)c1cccc(NC(=O)c2cccc(Br)c2F)c1. The first-order valence-electron chi connectivity index (χ1n) is 5.67. The Morgan fingerprint density at radius 1 is 1.19 bits per heavy atom. The fourth-order valence-corrected chi connectivity index (χ4v) is 2.55. The lowest BCUT2D eigenvalue weighted by Crippen LogP contribution is -2.16. The molecule has 0 fully saturated rings. The fraction of sp³-hybridized carbons (Fsp3) is 0. The van der Waals surface area contributed by atoms with Crippen LogP contribution >= 0.6 is 15.9 Å². The van der Waals surface area contributed by atoms with Gasteiger partial charge in [-0.25, -0.2) is 17.9 Å². The van der Waals surface area contributed by atoms with Gasteiger partial charge < -0.3 is 5.32 Å². The van der Waals surface area contributed by atoms with Crippen molar-refractivity contribution in [2.45, 2.75) is 4.90 Å². The van der Waals surface area contributed by atoms with Crippen molar-refractivity contribution in [1.29, 1.82) is 0 Å². The van der Waals surface area contributed by atoms with Gasteiger partial charge in [0, 0.05) is 5.69 Å². The van der Waals surface area contributed by atoms with E-state index < -0.39 is 21.7 Å². The van der Waals surface area contributed by atoms with E-state index in [1.54, 1.807) is 0 Å². The summed E-state index contributed by atoms with van der Waals surface area (Å²) >= 11 is 2.99. The van der Waals surface area contributed by atoms with E-state index >= 15 is 0 Å². The summed E-state index contributed by atoms with van der Waals surface area (Å²) in [4.78, 5) is 11.9. The summed E-state index contributed by atoms with van der Waals surface area (Å²) in [5.74, 6) is -1.39. The molecule has 1 amide bonds. The van der Waals surface area contributed by atoms with E-state index in [4.69, 9.17) is 5.14 Å². The van der Waals surface area contributed by atoms with Crippen LogP contribution in [0.4, 0.5) is 10.1 Å². The summed E-state index contributed by atoms with van der Waals surface area (Å²) in [6.07, 6.45) is 0. The number of benzene rings is 2. The minimum Gasteiger partial charge on any atom is -0.322 e. The van der Waals surface area contributed by atoms with E-state index in [0.29, 0.717) is 0 Å². The van der Waals surface area contributed by atoms with Gasteiger partial charge in [-0.1, -0.05) is 12.1 Å². The molecule has 0 saturated heterocycles. The zero-order chi connectivity index (χ0) is 15.6. The monoisotopic (exact) mass is 372 g/mol. The lowest BCUT2D eigenvalue weighted by molar-refractivity contribution is 0.102. The van der Waals surface area contributed by atoms with Crippen LogP contribution in [-0.4, -0.2) is 14.3 Å². The van der Waals surface area contributed by atoms with Gasteiger partial charge in [-0.15, -0.1) is 0 Å². The maximum atomic E-state index is 13.8. The highest BCUT2D eigenvalue weighted by Crippen LogP contribution is 2.20. The first-order chi connectivity index (χ1) is 9.79. The quantitative estimate of drug-likeness (QED) is 0.866. The van der Waals surface area contributed by atoms with Gasteiger partial charge in [-0.2, -0.15) is 0 Å². The van der Waals surface area contributed by atoms with Crippen molar-refractivity contribution in [3.05, 3.63) is 58.3 Å². The Kier molecular flexibility index (Phi) is 4.40. The normalized spacial score (nSPS) is 11.2. The van der Waals surface area contributed by atoms with E-state index in [1.165, 1.54) is 42.5 Å². The van der Waals surface area contributed by atoms with Gasteiger partial charge in [-0.3, -0.25) is 4.79 Å². The minimum atomic E-state index is -3.87. The standard InChI is InChI=1S/C13H10BrFN2O3S/c14-11-6-2-5-10(12(11)15)13(18)17-8-3-1-4-9(7-8)21(16,19)20/h1-7H,(H,17,18)(H2,16,19,20). The molecule has 0 aromatic heterocycles. The molecule has 0 atom stereocenters. The molecule has 2 rings (SSSR count). The van der Waals surface area contributed by atoms with Gasteiger partial charge in [0.1, 0.15) is 5.82 Å². The van der Waals surface area contributed by atoms with Gasteiger partial charge in [-0.05, 0) is 46.3 Å². The Hall–Kier alpha value is -1.77. The molecule has 2 aromatic carbocycles. The number of sulfonamides is 1. The van der Waals surface area contributed by atoms with Crippen molar-refractivity contribution in [2.75, 3.05) is 5.32 Å². The van der Waals surface area contributed by atoms with E-state index in [1.807, 2.05) is 0 Å². The van der Waals surface area contributed by atoms with Crippen molar-refractivity contribution < 1.29 is 17.6 Å². The van der Waals surface area contributed by atoms with Gasteiger partial charge >= 0.3 is 0 Å². The molecule has 0 aliphatic carbocycles. The molecule has 110 valence electrons. The van der Waals surface area contributed by atoms with Gasteiger partial charge in [0.2, 0.25) is 10.0 Å². The summed E-state index contributed by atoms with van der Waals surface area (Å²) in [6.45, 7) is 0. The molecule has 2 aromatic rings. The highest BCUT2D eigenvalue weighted by molar-refractivity contribution is 9.10.